The molecule has 0 unspecified atom stereocenters. The van der Waals surface area contributed by atoms with Crippen molar-refractivity contribution in [3.63, 3.8) is 0 Å². The molecule has 2 atom stereocenters. The van der Waals surface area contributed by atoms with Gasteiger partial charge in [0, 0.05) is 24.8 Å². The van der Waals surface area contributed by atoms with Crippen molar-refractivity contribution in [1.82, 2.24) is 25.2 Å². The zero-order valence-corrected chi connectivity index (χ0v) is 17.5. The number of carbonyl (C=O) groups is 2. The van der Waals surface area contributed by atoms with Crippen LogP contribution in [0.3, 0.4) is 0 Å². The van der Waals surface area contributed by atoms with Gasteiger partial charge in [-0.05, 0) is 31.7 Å². The zero-order chi connectivity index (χ0) is 21.0. The predicted molar refractivity (Wildman–Crippen MR) is 108 cm³/mol. The highest BCUT2D eigenvalue weighted by molar-refractivity contribution is 5.89. The van der Waals surface area contributed by atoms with Crippen LogP contribution in [-0.2, 0) is 16.1 Å². The van der Waals surface area contributed by atoms with Crippen LogP contribution in [-0.4, -0.2) is 51.4 Å². The lowest BCUT2D eigenvalue weighted by molar-refractivity contribution is -0.142. The first-order valence-electron chi connectivity index (χ1n) is 10.0. The van der Waals surface area contributed by atoms with E-state index in [2.05, 4.69) is 15.6 Å². The average molecular weight is 399 g/mol. The summed E-state index contributed by atoms with van der Waals surface area (Å²) in [5, 5.41) is 11.1. The molecule has 2 heterocycles. The Balaban J connectivity index is 1.71. The molecule has 0 bridgehead atoms. The highest BCUT2D eigenvalue weighted by Gasteiger charge is 2.39. The van der Waals surface area contributed by atoms with E-state index < -0.39 is 12.1 Å². The third-order valence-electron chi connectivity index (χ3n) is 5.28. The molecule has 29 heavy (non-hydrogen) atoms. The molecule has 1 aromatic carbocycles. The number of aromatic nitrogens is 3. The van der Waals surface area contributed by atoms with Gasteiger partial charge in [-0.15, -0.1) is 5.10 Å². The number of benzene rings is 1. The summed E-state index contributed by atoms with van der Waals surface area (Å²) in [7, 11) is 1.61. The average Bonchev–Trinajstić information content (AvgIpc) is 3.35. The molecule has 1 fully saturated rings. The normalized spacial score (nSPS) is 17.4. The molecule has 1 saturated heterocycles. The Bertz CT molecular complexity index is 864. The maximum Gasteiger partial charge on any atom is 0.248 e. The van der Waals surface area contributed by atoms with Crippen LogP contribution in [0.25, 0.3) is 0 Å². The van der Waals surface area contributed by atoms with Crippen molar-refractivity contribution in [3.05, 3.63) is 41.7 Å². The number of carbonyl (C=O) groups excluding carboxylic acids is 2. The van der Waals surface area contributed by atoms with Gasteiger partial charge in [-0.25, -0.2) is 4.68 Å². The van der Waals surface area contributed by atoms with Gasteiger partial charge in [-0.2, -0.15) is 0 Å². The van der Waals surface area contributed by atoms with Crippen LogP contribution in [0.2, 0.25) is 0 Å². The molecule has 156 valence electrons. The van der Waals surface area contributed by atoms with Crippen LogP contribution >= 0.6 is 0 Å². The summed E-state index contributed by atoms with van der Waals surface area (Å²) < 4.78 is 6.96. The minimum absolute atomic E-state index is 0.0292. The number of nitrogens with one attached hydrogen (secondary N) is 1. The summed E-state index contributed by atoms with van der Waals surface area (Å²) in [5.74, 6) is 0.536. The van der Waals surface area contributed by atoms with Crippen molar-refractivity contribution in [1.29, 1.82) is 0 Å². The van der Waals surface area contributed by atoms with Crippen LogP contribution < -0.4 is 10.1 Å². The molecule has 3 rings (SSSR count). The molecule has 1 aliphatic rings. The number of amides is 2. The second-order valence-electron chi connectivity index (χ2n) is 7.75. The van der Waals surface area contributed by atoms with Crippen molar-refractivity contribution in [2.24, 2.45) is 5.92 Å². The Hall–Kier alpha value is -2.90. The first-order valence-corrected chi connectivity index (χ1v) is 10.0. The largest absolute Gasteiger partial charge is 0.496 e. The minimum atomic E-state index is -0.473. The highest BCUT2D eigenvalue weighted by Crippen LogP contribution is 2.26. The van der Waals surface area contributed by atoms with Crippen LogP contribution in [0.5, 0.6) is 5.75 Å². The molecule has 2 aromatic rings. The molecule has 8 nitrogen and oxygen atoms in total. The molecule has 1 aromatic heterocycles. The van der Waals surface area contributed by atoms with Crippen molar-refractivity contribution < 1.29 is 14.3 Å². The van der Waals surface area contributed by atoms with Gasteiger partial charge in [0.05, 0.1) is 12.8 Å². The molecular formula is C21H29N5O3. The SMILES string of the molecule is COc1ccccc1CNC(=O)[C@@H]1CCCN1C(=O)[C@H](C(C)C)n1cc(C)nn1. The van der Waals surface area contributed by atoms with E-state index in [1.165, 1.54) is 0 Å². The molecular weight excluding hydrogens is 370 g/mol. The lowest BCUT2D eigenvalue weighted by Gasteiger charge is -2.30. The number of hydrogen-bond acceptors (Lipinski definition) is 5. The third kappa shape index (κ3) is 4.58. The summed E-state index contributed by atoms with van der Waals surface area (Å²) in [6, 6.07) is 6.63. The fraction of sp³-hybridized carbons (Fsp3) is 0.524. The fourth-order valence-electron chi connectivity index (χ4n) is 3.83. The summed E-state index contributed by atoms with van der Waals surface area (Å²) in [6.45, 7) is 6.73. The quantitative estimate of drug-likeness (QED) is 0.770. The van der Waals surface area contributed by atoms with Gasteiger partial charge in [-0.3, -0.25) is 9.59 Å². The van der Waals surface area contributed by atoms with Crippen LogP contribution in [0.4, 0.5) is 0 Å². The Kier molecular flexibility index (Phi) is 6.51. The molecule has 0 spiro atoms. The highest BCUT2D eigenvalue weighted by atomic mass is 16.5. The number of rotatable bonds is 7. The van der Waals surface area contributed by atoms with Crippen molar-refractivity contribution >= 4 is 11.8 Å². The molecule has 1 aliphatic heterocycles. The second kappa shape index (κ2) is 9.07. The monoisotopic (exact) mass is 399 g/mol. The van der Waals surface area contributed by atoms with Crippen LogP contribution in [0.1, 0.15) is 44.0 Å². The number of aryl methyl sites for hydroxylation is 1. The lowest BCUT2D eigenvalue weighted by Crippen LogP contribution is -2.48. The maximum absolute atomic E-state index is 13.3. The summed E-state index contributed by atoms with van der Waals surface area (Å²) in [5.41, 5.74) is 1.66. The van der Waals surface area contributed by atoms with E-state index in [1.807, 2.05) is 45.0 Å². The van der Waals surface area contributed by atoms with Gasteiger partial charge in [-0.1, -0.05) is 37.3 Å². The van der Waals surface area contributed by atoms with Crippen LogP contribution in [0, 0.1) is 12.8 Å². The number of ether oxygens (including phenoxy) is 1. The molecule has 1 N–H and O–H groups in total. The smallest absolute Gasteiger partial charge is 0.248 e. The van der Waals surface area contributed by atoms with Gasteiger partial charge >= 0.3 is 0 Å². The summed E-state index contributed by atoms with van der Waals surface area (Å²) in [6.07, 6.45) is 3.24. The summed E-state index contributed by atoms with van der Waals surface area (Å²) in [4.78, 5) is 27.9. The van der Waals surface area contributed by atoms with Gasteiger partial charge in [0.15, 0.2) is 0 Å². The molecule has 0 saturated carbocycles. The Morgan fingerprint density at radius 1 is 1.31 bits per heavy atom. The Labute approximate surface area is 171 Å². The number of methoxy groups -OCH3 is 1. The predicted octanol–water partition coefficient (Wildman–Crippen LogP) is 2.10. The van der Waals surface area contributed by atoms with Crippen LogP contribution in [0.15, 0.2) is 30.5 Å². The minimum Gasteiger partial charge on any atom is -0.496 e. The van der Waals surface area contributed by atoms with E-state index >= 15 is 0 Å². The number of hydrogen-bond donors (Lipinski definition) is 1. The third-order valence-corrected chi connectivity index (χ3v) is 5.28. The molecule has 0 aliphatic carbocycles. The second-order valence-corrected chi connectivity index (χ2v) is 7.75. The maximum atomic E-state index is 13.3. The van der Waals surface area contributed by atoms with Gasteiger partial charge in [0.1, 0.15) is 17.8 Å². The van der Waals surface area contributed by atoms with Gasteiger partial charge < -0.3 is 15.0 Å². The van der Waals surface area contributed by atoms with Gasteiger partial charge in [0.2, 0.25) is 11.8 Å². The Morgan fingerprint density at radius 2 is 2.07 bits per heavy atom. The molecule has 2 amide bonds. The number of para-hydroxylation sites is 1. The number of likely N-dealkylation sites (tertiary alicyclic amines) is 1. The fourth-order valence-corrected chi connectivity index (χ4v) is 3.83. The first-order chi connectivity index (χ1) is 13.9. The Morgan fingerprint density at radius 3 is 2.72 bits per heavy atom. The van der Waals surface area contributed by atoms with E-state index in [0.29, 0.717) is 19.5 Å². The van der Waals surface area contributed by atoms with E-state index in [0.717, 1.165) is 23.4 Å². The van der Waals surface area contributed by atoms with E-state index in [9.17, 15) is 9.59 Å². The first kappa shape index (κ1) is 20.8. The van der Waals surface area contributed by atoms with Crippen molar-refractivity contribution in [3.8, 4) is 5.75 Å². The topological polar surface area (TPSA) is 89.4 Å². The molecule has 0 radical (unpaired) electrons. The lowest BCUT2D eigenvalue weighted by atomic mass is 10.0. The standard InChI is InChI=1S/C21H29N5O3/c1-14(2)19(26-13-15(3)23-24-26)21(28)25-11-7-9-17(25)20(27)22-12-16-8-5-6-10-18(16)29-4/h5-6,8,10,13-14,17,19H,7,9,11-12H2,1-4H3,(H,22,27)/t17-,19-/m0/s1. The van der Waals surface area contributed by atoms with E-state index in [1.54, 1.807) is 22.9 Å². The molecule has 8 heteroatoms. The van der Waals surface area contributed by atoms with E-state index in [-0.39, 0.29) is 17.7 Å². The zero-order valence-electron chi connectivity index (χ0n) is 17.5. The summed E-state index contributed by atoms with van der Waals surface area (Å²) >= 11 is 0. The van der Waals surface area contributed by atoms with Crippen molar-refractivity contribution in [2.75, 3.05) is 13.7 Å². The number of nitrogens with zero attached hydrogens (tertiary/aromatic N) is 4. The van der Waals surface area contributed by atoms with Crippen molar-refractivity contribution in [2.45, 2.75) is 52.2 Å². The van der Waals surface area contributed by atoms with Gasteiger partial charge in [0.25, 0.3) is 0 Å². The van der Waals surface area contributed by atoms with E-state index in [4.69, 9.17) is 4.74 Å².